The van der Waals surface area contributed by atoms with Gasteiger partial charge in [0.15, 0.2) is 0 Å². The van der Waals surface area contributed by atoms with Crippen LogP contribution in [0, 0.1) is 0 Å². The molecule has 2 amide bonds. The number of nitrogens with zero attached hydrogens (tertiary/aromatic N) is 2. The summed E-state index contributed by atoms with van der Waals surface area (Å²) >= 11 is 0. The van der Waals surface area contributed by atoms with Crippen LogP contribution < -0.4 is 10.1 Å². The highest BCUT2D eigenvalue weighted by molar-refractivity contribution is 6.13. The largest absolute Gasteiger partial charge is 0.487 e. The molecule has 0 saturated carbocycles. The van der Waals surface area contributed by atoms with Crippen molar-refractivity contribution in [3.8, 4) is 5.75 Å². The van der Waals surface area contributed by atoms with Gasteiger partial charge < -0.3 is 24.1 Å². The lowest BCUT2D eigenvalue weighted by Gasteiger charge is -2.26. The summed E-state index contributed by atoms with van der Waals surface area (Å²) in [6.07, 6.45) is 4.85. The number of carbonyl (C=O) groups excluding carboxylic acids is 2. The molecule has 1 fully saturated rings. The van der Waals surface area contributed by atoms with Crippen LogP contribution in [0.25, 0.3) is 17.0 Å². The predicted octanol–water partition coefficient (Wildman–Crippen LogP) is 4.53. The Morgan fingerprint density at radius 3 is 2.56 bits per heavy atom. The van der Waals surface area contributed by atoms with Crippen LogP contribution in [0.1, 0.15) is 21.8 Å². The minimum Gasteiger partial charge on any atom is -0.487 e. The summed E-state index contributed by atoms with van der Waals surface area (Å²) in [5.41, 5.74) is 2.58. The fraction of sp³-hybridized carbons (Fsp3) is 0.179. The minimum atomic E-state index is -0.368. The molecular weight excluding hydrogens is 458 g/mol. The molecule has 8 nitrogen and oxygen atoms in total. The van der Waals surface area contributed by atoms with Gasteiger partial charge in [0.25, 0.3) is 5.91 Å². The van der Waals surface area contributed by atoms with Crippen molar-refractivity contribution >= 4 is 34.5 Å². The van der Waals surface area contributed by atoms with E-state index >= 15 is 0 Å². The Morgan fingerprint density at radius 2 is 1.78 bits per heavy atom. The number of rotatable bonds is 7. The Kier molecular flexibility index (Phi) is 7.05. The summed E-state index contributed by atoms with van der Waals surface area (Å²) in [6.45, 7) is 2.28. The summed E-state index contributed by atoms with van der Waals surface area (Å²) < 4.78 is 16.9. The van der Waals surface area contributed by atoms with Crippen molar-refractivity contribution in [1.82, 2.24) is 9.88 Å². The first-order valence-corrected chi connectivity index (χ1v) is 11.7. The van der Waals surface area contributed by atoms with Crippen LogP contribution in [0.4, 0.5) is 5.69 Å². The first-order chi connectivity index (χ1) is 17.7. The zero-order valence-electron chi connectivity index (χ0n) is 19.6. The predicted molar refractivity (Wildman–Crippen MR) is 136 cm³/mol. The number of para-hydroxylation sites is 1. The topological polar surface area (TPSA) is 93.9 Å². The van der Waals surface area contributed by atoms with E-state index in [1.807, 2.05) is 60.7 Å². The van der Waals surface area contributed by atoms with Crippen LogP contribution in [0.5, 0.6) is 5.75 Å². The van der Waals surface area contributed by atoms with Gasteiger partial charge in [-0.2, -0.15) is 0 Å². The monoisotopic (exact) mass is 483 g/mol. The number of fused-ring (bicyclic) bond motifs is 1. The van der Waals surface area contributed by atoms with Crippen molar-refractivity contribution < 1.29 is 23.5 Å². The maximum absolute atomic E-state index is 13.1. The molecule has 0 atom stereocenters. The average molecular weight is 484 g/mol. The zero-order chi connectivity index (χ0) is 24.7. The number of furan rings is 1. The molecule has 1 aliphatic heterocycles. The van der Waals surface area contributed by atoms with E-state index < -0.39 is 0 Å². The Morgan fingerprint density at radius 1 is 1.00 bits per heavy atom. The molecule has 2 aromatic carbocycles. The van der Waals surface area contributed by atoms with Crippen LogP contribution in [0.15, 0.2) is 83.4 Å². The summed E-state index contributed by atoms with van der Waals surface area (Å²) in [5, 5.41) is 3.52. The van der Waals surface area contributed by atoms with E-state index in [1.54, 1.807) is 23.2 Å². The van der Waals surface area contributed by atoms with Gasteiger partial charge in [0, 0.05) is 30.7 Å². The Balaban J connectivity index is 1.27. The second-order valence-corrected chi connectivity index (χ2v) is 8.21. The Labute approximate surface area is 208 Å². The molecule has 8 heteroatoms. The van der Waals surface area contributed by atoms with Crippen molar-refractivity contribution in [2.75, 3.05) is 31.6 Å². The van der Waals surface area contributed by atoms with Crippen LogP contribution in [-0.2, 0) is 16.1 Å². The molecule has 0 spiro atoms. The van der Waals surface area contributed by atoms with Crippen LogP contribution in [0.3, 0.4) is 0 Å². The van der Waals surface area contributed by atoms with Gasteiger partial charge in [-0.1, -0.05) is 30.3 Å². The molecular formula is C28H25N3O5. The maximum atomic E-state index is 13.1. The molecule has 182 valence electrons. The van der Waals surface area contributed by atoms with Gasteiger partial charge in [-0.05, 0) is 48.0 Å². The highest BCUT2D eigenvalue weighted by atomic mass is 16.5. The number of pyridine rings is 1. The van der Waals surface area contributed by atoms with Crippen molar-refractivity contribution in [3.63, 3.8) is 0 Å². The zero-order valence-corrected chi connectivity index (χ0v) is 19.6. The van der Waals surface area contributed by atoms with E-state index in [4.69, 9.17) is 13.9 Å². The molecule has 3 heterocycles. The number of benzene rings is 2. The van der Waals surface area contributed by atoms with Gasteiger partial charge in [-0.25, -0.2) is 0 Å². The van der Waals surface area contributed by atoms with Crippen molar-refractivity contribution in [1.29, 1.82) is 0 Å². The molecule has 36 heavy (non-hydrogen) atoms. The highest BCUT2D eigenvalue weighted by Crippen LogP contribution is 2.32. The standard InChI is InChI=1S/C28H25N3O5/c32-25(13-10-20-8-11-22(12-9-20)35-19-21-5-3-4-14-29-21)30-26-23-6-1-2-7-24(23)36-27(26)28(33)31-15-17-34-18-16-31/h1-14H,15-19H2,(H,30,32)/b13-10+. The van der Waals surface area contributed by atoms with E-state index in [2.05, 4.69) is 10.3 Å². The van der Waals surface area contributed by atoms with Gasteiger partial charge >= 0.3 is 0 Å². The van der Waals surface area contributed by atoms with Crippen LogP contribution >= 0.6 is 0 Å². The fourth-order valence-corrected chi connectivity index (χ4v) is 3.88. The van der Waals surface area contributed by atoms with Crippen molar-refractivity contribution in [3.05, 3.63) is 96.0 Å². The molecule has 0 unspecified atom stereocenters. The number of ether oxygens (including phenoxy) is 2. The lowest BCUT2D eigenvalue weighted by molar-refractivity contribution is -0.111. The third-order valence-corrected chi connectivity index (χ3v) is 5.76. The first-order valence-electron chi connectivity index (χ1n) is 11.7. The van der Waals surface area contributed by atoms with E-state index in [-0.39, 0.29) is 17.6 Å². The number of anilines is 1. The lowest BCUT2D eigenvalue weighted by atomic mass is 10.2. The number of nitrogens with one attached hydrogen (secondary N) is 1. The number of aromatic nitrogens is 1. The number of hydrogen-bond acceptors (Lipinski definition) is 6. The Bertz CT molecular complexity index is 1370. The second kappa shape index (κ2) is 10.9. The summed E-state index contributed by atoms with van der Waals surface area (Å²) in [7, 11) is 0. The maximum Gasteiger partial charge on any atom is 0.291 e. The molecule has 0 radical (unpaired) electrons. The minimum absolute atomic E-state index is 0.120. The van der Waals surface area contributed by atoms with Crippen LogP contribution in [0.2, 0.25) is 0 Å². The quantitative estimate of drug-likeness (QED) is 0.388. The summed E-state index contributed by atoms with van der Waals surface area (Å²) in [5.74, 6) is 0.191. The van der Waals surface area contributed by atoms with Gasteiger partial charge in [-0.3, -0.25) is 14.6 Å². The molecule has 1 aliphatic rings. The smallest absolute Gasteiger partial charge is 0.291 e. The first kappa shape index (κ1) is 23.3. The van der Waals surface area contributed by atoms with E-state index in [9.17, 15) is 9.59 Å². The summed E-state index contributed by atoms with van der Waals surface area (Å²) in [6, 6.07) is 20.3. The van der Waals surface area contributed by atoms with Gasteiger partial charge in [0.1, 0.15) is 23.6 Å². The fourth-order valence-electron chi connectivity index (χ4n) is 3.88. The molecule has 4 aromatic rings. The van der Waals surface area contributed by atoms with Gasteiger partial charge in [-0.15, -0.1) is 0 Å². The summed E-state index contributed by atoms with van der Waals surface area (Å²) in [4.78, 5) is 31.8. The Hall–Kier alpha value is -4.43. The molecule has 0 aliphatic carbocycles. The second-order valence-electron chi connectivity index (χ2n) is 8.21. The van der Waals surface area contributed by atoms with E-state index in [0.717, 1.165) is 11.3 Å². The van der Waals surface area contributed by atoms with Gasteiger partial charge in [0.2, 0.25) is 11.7 Å². The average Bonchev–Trinajstić information content (AvgIpc) is 3.30. The number of morpholine rings is 1. The number of amides is 2. The van der Waals surface area contributed by atoms with Crippen LogP contribution in [-0.4, -0.2) is 48.0 Å². The van der Waals surface area contributed by atoms with Crippen molar-refractivity contribution in [2.24, 2.45) is 0 Å². The van der Waals surface area contributed by atoms with Crippen molar-refractivity contribution in [2.45, 2.75) is 6.61 Å². The van der Waals surface area contributed by atoms with E-state index in [1.165, 1.54) is 6.08 Å². The third kappa shape index (κ3) is 5.45. The highest BCUT2D eigenvalue weighted by Gasteiger charge is 2.27. The molecule has 5 rings (SSSR count). The molecule has 1 N–H and O–H groups in total. The lowest BCUT2D eigenvalue weighted by Crippen LogP contribution is -2.40. The normalized spacial score (nSPS) is 13.7. The molecule has 2 aromatic heterocycles. The third-order valence-electron chi connectivity index (χ3n) is 5.76. The number of carbonyl (C=O) groups is 2. The molecule has 1 saturated heterocycles. The molecule has 0 bridgehead atoms. The SMILES string of the molecule is O=C(/C=C/c1ccc(OCc2ccccn2)cc1)Nc1c(C(=O)N2CCOCC2)oc2ccccc12. The van der Waals surface area contributed by atoms with Gasteiger partial charge in [0.05, 0.1) is 18.9 Å². The number of hydrogen-bond donors (Lipinski definition) is 1. The van der Waals surface area contributed by atoms with E-state index in [0.29, 0.717) is 55.3 Å².